The van der Waals surface area contributed by atoms with Crippen molar-refractivity contribution in [3.05, 3.63) is 29.8 Å². The van der Waals surface area contributed by atoms with Gasteiger partial charge >= 0.3 is 0 Å². The van der Waals surface area contributed by atoms with Crippen LogP contribution in [0.2, 0.25) is 0 Å². The van der Waals surface area contributed by atoms with E-state index in [4.69, 9.17) is 10.9 Å². The smallest absolute Gasteiger partial charge is 0.235 e. The van der Waals surface area contributed by atoms with Crippen molar-refractivity contribution < 1.29 is 10.0 Å². The molecule has 5 heteroatoms. The lowest BCUT2D eigenvalue weighted by atomic mass is 9.93. The second-order valence-corrected chi connectivity index (χ2v) is 4.60. The van der Waals surface area contributed by atoms with Crippen LogP contribution in [0.1, 0.15) is 19.4 Å². The predicted molar refractivity (Wildman–Crippen MR) is 71.5 cm³/mol. The van der Waals surface area contributed by atoms with Gasteiger partial charge in [-0.25, -0.2) is 0 Å². The lowest BCUT2D eigenvalue weighted by Crippen LogP contribution is -2.38. The third-order valence-corrected chi connectivity index (χ3v) is 2.70. The summed E-state index contributed by atoms with van der Waals surface area (Å²) in [5, 5.41) is 14.4. The van der Waals surface area contributed by atoms with Gasteiger partial charge in [0.05, 0.1) is 0 Å². The van der Waals surface area contributed by atoms with Gasteiger partial charge in [-0.3, -0.25) is 4.79 Å². The number of anilines is 1. The lowest BCUT2D eigenvalue weighted by Gasteiger charge is -2.18. The molecular formula is C13H19N3O2. The third-order valence-electron chi connectivity index (χ3n) is 2.70. The van der Waals surface area contributed by atoms with Crippen molar-refractivity contribution in [2.45, 2.75) is 20.8 Å². The molecule has 0 radical (unpaired) electrons. The number of amidine groups is 1. The molecule has 0 aliphatic rings. The van der Waals surface area contributed by atoms with Crippen LogP contribution < -0.4 is 11.1 Å². The quantitative estimate of drug-likeness (QED) is 0.330. The fourth-order valence-corrected chi connectivity index (χ4v) is 1.70. The topological polar surface area (TPSA) is 87.7 Å². The Hall–Kier alpha value is -2.04. The first kappa shape index (κ1) is 14.0. The van der Waals surface area contributed by atoms with Gasteiger partial charge in [0, 0.05) is 5.69 Å². The molecule has 1 atom stereocenters. The van der Waals surface area contributed by atoms with E-state index < -0.39 is 5.92 Å². The van der Waals surface area contributed by atoms with Crippen LogP contribution in [0.3, 0.4) is 0 Å². The summed E-state index contributed by atoms with van der Waals surface area (Å²) >= 11 is 0. The number of amides is 1. The summed E-state index contributed by atoms with van der Waals surface area (Å²) in [5.41, 5.74) is 7.35. The number of benzene rings is 1. The van der Waals surface area contributed by atoms with Gasteiger partial charge < -0.3 is 16.3 Å². The first-order chi connectivity index (χ1) is 8.45. The Morgan fingerprint density at radius 1 is 1.33 bits per heavy atom. The number of hydrogen-bond acceptors (Lipinski definition) is 3. The number of rotatable bonds is 4. The van der Waals surface area contributed by atoms with Crippen molar-refractivity contribution in [3.8, 4) is 0 Å². The van der Waals surface area contributed by atoms with Crippen LogP contribution in [-0.2, 0) is 4.79 Å². The second kappa shape index (κ2) is 6.05. The average molecular weight is 249 g/mol. The molecular weight excluding hydrogens is 230 g/mol. The van der Waals surface area contributed by atoms with E-state index in [1.54, 1.807) is 0 Å². The minimum absolute atomic E-state index is 0.0497. The molecule has 0 aromatic heterocycles. The molecule has 0 bridgehead atoms. The van der Waals surface area contributed by atoms with Crippen LogP contribution in [0.4, 0.5) is 5.69 Å². The molecule has 4 N–H and O–H groups in total. The van der Waals surface area contributed by atoms with Gasteiger partial charge in [0.25, 0.3) is 0 Å². The maximum absolute atomic E-state index is 12.1. The molecule has 0 heterocycles. The first-order valence-corrected chi connectivity index (χ1v) is 5.80. The van der Waals surface area contributed by atoms with E-state index in [2.05, 4.69) is 10.5 Å². The zero-order valence-electron chi connectivity index (χ0n) is 10.8. The number of oxime groups is 1. The zero-order valence-corrected chi connectivity index (χ0v) is 10.8. The normalized spacial score (nSPS) is 13.4. The Labute approximate surface area is 107 Å². The minimum atomic E-state index is -0.642. The average Bonchev–Trinajstić information content (AvgIpc) is 2.31. The van der Waals surface area contributed by atoms with Crippen molar-refractivity contribution in [1.82, 2.24) is 0 Å². The van der Waals surface area contributed by atoms with Crippen molar-refractivity contribution >= 4 is 17.4 Å². The van der Waals surface area contributed by atoms with Gasteiger partial charge in [-0.1, -0.05) is 36.7 Å². The largest absolute Gasteiger partial charge is 0.409 e. The van der Waals surface area contributed by atoms with Gasteiger partial charge in [0.2, 0.25) is 5.91 Å². The summed E-state index contributed by atoms with van der Waals surface area (Å²) in [4.78, 5) is 12.1. The number of aryl methyl sites for hydroxylation is 1. The molecule has 1 aromatic rings. The molecule has 5 nitrogen and oxygen atoms in total. The fourth-order valence-electron chi connectivity index (χ4n) is 1.70. The summed E-state index contributed by atoms with van der Waals surface area (Å²) in [6, 6.07) is 7.45. The summed E-state index contributed by atoms with van der Waals surface area (Å²) in [6.07, 6.45) is 0. The lowest BCUT2D eigenvalue weighted by molar-refractivity contribution is -0.119. The third kappa shape index (κ3) is 3.48. The highest BCUT2D eigenvalue weighted by Crippen LogP contribution is 2.15. The zero-order chi connectivity index (χ0) is 13.7. The number of nitrogens with zero attached hydrogens (tertiary/aromatic N) is 1. The van der Waals surface area contributed by atoms with E-state index in [0.29, 0.717) is 5.69 Å². The summed E-state index contributed by atoms with van der Waals surface area (Å²) in [5.74, 6) is -1.04. The number of nitrogens with two attached hydrogens (primary N) is 1. The van der Waals surface area contributed by atoms with Crippen molar-refractivity contribution in [2.75, 3.05) is 5.32 Å². The number of carbonyl (C=O) groups excluding carboxylic acids is 1. The number of nitrogens with one attached hydrogen (secondary N) is 1. The highest BCUT2D eigenvalue weighted by Gasteiger charge is 2.26. The molecule has 1 amide bonds. The van der Waals surface area contributed by atoms with Crippen molar-refractivity contribution in [2.24, 2.45) is 22.7 Å². The molecule has 0 saturated carbocycles. The van der Waals surface area contributed by atoms with Crippen LogP contribution in [0.5, 0.6) is 0 Å². The van der Waals surface area contributed by atoms with Gasteiger partial charge in [0.1, 0.15) is 5.92 Å². The molecule has 1 rings (SSSR count). The minimum Gasteiger partial charge on any atom is -0.409 e. The van der Waals surface area contributed by atoms with Gasteiger partial charge in [-0.15, -0.1) is 0 Å². The summed E-state index contributed by atoms with van der Waals surface area (Å²) in [7, 11) is 0. The van der Waals surface area contributed by atoms with E-state index in [1.165, 1.54) is 0 Å². The van der Waals surface area contributed by atoms with Gasteiger partial charge in [-0.05, 0) is 25.0 Å². The van der Waals surface area contributed by atoms with Gasteiger partial charge in [-0.2, -0.15) is 0 Å². The van der Waals surface area contributed by atoms with Crippen molar-refractivity contribution in [1.29, 1.82) is 0 Å². The van der Waals surface area contributed by atoms with Gasteiger partial charge in [0.15, 0.2) is 5.84 Å². The molecule has 0 aliphatic heterocycles. The van der Waals surface area contributed by atoms with E-state index in [1.807, 2.05) is 45.0 Å². The monoisotopic (exact) mass is 249 g/mol. The molecule has 98 valence electrons. The Morgan fingerprint density at radius 3 is 2.33 bits per heavy atom. The highest BCUT2D eigenvalue weighted by molar-refractivity contribution is 6.07. The van der Waals surface area contributed by atoms with Crippen LogP contribution in [-0.4, -0.2) is 17.0 Å². The Morgan fingerprint density at radius 2 is 1.89 bits per heavy atom. The molecule has 1 unspecified atom stereocenters. The molecule has 0 spiro atoms. The van der Waals surface area contributed by atoms with Crippen LogP contribution >= 0.6 is 0 Å². The molecule has 0 fully saturated rings. The molecule has 18 heavy (non-hydrogen) atoms. The van der Waals surface area contributed by atoms with E-state index >= 15 is 0 Å². The fraction of sp³-hybridized carbons (Fsp3) is 0.385. The maximum atomic E-state index is 12.1. The Balaban J connectivity index is 2.82. The van der Waals surface area contributed by atoms with Crippen LogP contribution in [0.25, 0.3) is 0 Å². The molecule has 0 saturated heterocycles. The second-order valence-electron chi connectivity index (χ2n) is 4.60. The number of hydrogen-bond donors (Lipinski definition) is 3. The van der Waals surface area contributed by atoms with E-state index in [-0.39, 0.29) is 17.7 Å². The SMILES string of the molecule is Cc1ccc(NC(=O)C(/C(N)=N/O)C(C)C)cc1. The van der Waals surface area contributed by atoms with Crippen molar-refractivity contribution in [3.63, 3.8) is 0 Å². The predicted octanol–water partition coefficient (Wildman–Crippen LogP) is 1.95. The Bertz CT molecular complexity index is 438. The standard InChI is InChI=1S/C13H19N3O2/c1-8(2)11(12(14)16-18)13(17)15-10-6-4-9(3)5-7-10/h4-8,11,18H,1-3H3,(H2,14,16)(H,15,17). The molecule has 0 aliphatic carbocycles. The highest BCUT2D eigenvalue weighted by atomic mass is 16.4. The van der Waals surface area contributed by atoms with E-state index in [0.717, 1.165) is 5.56 Å². The maximum Gasteiger partial charge on any atom is 0.235 e. The van der Waals surface area contributed by atoms with E-state index in [9.17, 15) is 4.79 Å². The Kier molecular flexibility index (Phi) is 4.71. The van der Waals surface area contributed by atoms with Crippen LogP contribution in [0.15, 0.2) is 29.4 Å². The van der Waals surface area contributed by atoms with Crippen LogP contribution in [0, 0.1) is 18.8 Å². The number of carbonyl (C=O) groups is 1. The summed E-state index contributed by atoms with van der Waals surface area (Å²) < 4.78 is 0. The summed E-state index contributed by atoms with van der Waals surface area (Å²) in [6.45, 7) is 5.66. The first-order valence-electron chi connectivity index (χ1n) is 5.80. The molecule has 1 aromatic carbocycles.